The van der Waals surface area contributed by atoms with E-state index in [-0.39, 0.29) is 0 Å². The van der Waals surface area contributed by atoms with Crippen LogP contribution < -0.4 is 5.32 Å². The second kappa shape index (κ2) is 7.15. The van der Waals surface area contributed by atoms with Gasteiger partial charge in [-0.3, -0.25) is 4.68 Å². The highest BCUT2D eigenvalue weighted by atomic mass is 35.5. The van der Waals surface area contributed by atoms with E-state index in [4.69, 9.17) is 11.6 Å². The van der Waals surface area contributed by atoms with Gasteiger partial charge in [0, 0.05) is 13.1 Å². The standard InChI is InChI=1S/C14H26ClN3/c1-6-16-12(10(2)3)8-7-9-13-14(15)11(4)17-18(13)5/h10,12,16H,6-9H2,1-5H3. The van der Waals surface area contributed by atoms with Crippen molar-refractivity contribution in [3.63, 3.8) is 0 Å². The van der Waals surface area contributed by atoms with Gasteiger partial charge in [-0.15, -0.1) is 0 Å². The first-order chi connectivity index (χ1) is 8.47. The molecule has 104 valence electrons. The molecule has 1 rings (SSSR count). The lowest BCUT2D eigenvalue weighted by Crippen LogP contribution is -2.33. The highest BCUT2D eigenvalue weighted by molar-refractivity contribution is 6.31. The third-order valence-corrected chi connectivity index (χ3v) is 3.95. The topological polar surface area (TPSA) is 29.9 Å². The van der Waals surface area contributed by atoms with Gasteiger partial charge < -0.3 is 5.32 Å². The van der Waals surface area contributed by atoms with Crippen LogP contribution in [0, 0.1) is 12.8 Å². The molecule has 0 spiro atoms. The molecule has 0 bridgehead atoms. The van der Waals surface area contributed by atoms with E-state index in [2.05, 4.69) is 31.2 Å². The Morgan fingerprint density at radius 1 is 1.39 bits per heavy atom. The first-order valence-electron chi connectivity index (χ1n) is 6.88. The summed E-state index contributed by atoms with van der Waals surface area (Å²) in [6.07, 6.45) is 3.34. The van der Waals surface area contributed by atoms with Gasteiger partial charge >= 0.3 is 0 Å². The molecule has 1 atom stereocenters. The van der Waals surface area contributed by atoms with Crippen molar-refractivity contribution in [3.8, 4) is 0 Å². The lowest BCUT2D eigenvalue weighted by molar-refractivity contribution is 0.376. The third-order valence-electron chi connectivity index (χ3n) is 3.46. The Morgan fingerprint density at radius 2 is 2.06 bits per heavy atom. The van der Waals surface area contributed by atoms with Crippen molar-refractivity contribution in [2.75, 3.05) is 6.54 Å². The van der Waals surface area contributed by atoms with Gasteiger partial charge in [0.15, 0.2) is 0 Å². The monoisotopic (exact) mass is 271 g/mol. The van der Waals surface area contributed by atoms with Crippen LogP contribution >= 0.6 is 11.6 Å². The molecule has 0 aliphatic heterocycles. The smallest absolute Gasteiger partial charge is 0.0846 e. The number of halogens is 1. The first kappa shape index (κ1) is 15.5. The minimum absolute atomic E-state index is 0.600. The molecule has 1 N–H and O–H groups in total. The summed E-state index contributed by atoms with van der Waals surface area (Å²) in [6.45, 7) is 9.70. The Labute approximate surface area is 116 Å². The summed E-state index contributed by atoms with van der Waals surface area (Å²) in [5.41, 5.74) is 2.09. The van der Waals surface area contributed by atoms with Crippen molar-refractivity contribution in [1.82, 2.24) is 15.1 Å². The predicted octanol–water partition coefficient (Wildman–Crippen LogP) is 3.34. The molecule has 3 nitrogen and oxygen atoms in total. The highest BCUT2D eigenvalue weighted by Gasteiger charge is 2.14. The second-order valence-electron chi connectivity index (χ2n) is 5.27. The van der Waals surface area contributed by atoms with Crippen LogP contribution in [-0.4, -0.2) is 22.4 Å². The molecular weight excluding hydrogens is 246 g/mol. The molecule has 0 fully saturated rings. The zero-order valence-electron chi connectivity index (χ0n) is 12.3. The van der Waals surface area contributed by atoms with Gasteiger partial charge in [-0.1, -0.05) is 32.4 Å². The van der Waals surface area contributed by atoms with E-state index in [0.29, 0.717) is 12.0 Å². The minimum Gasteiger partial charge on any atom is -0.314 e. The summed E-state index contributed by atoms with van der Waals surface area (Å²) in [5, 5.41) is 8.73. The molecule has 0 amide bonds. The normalized spacial score (nSPS) is 13.3. The lowest BCUT2D eigenvalue weighted by Gasteiger charge is -2.21. The number of rotatable bonds is 7. The van der Waals surface area contributed by atoms with Crippen molar-refractivity contribution >= 4 is 11.6 Å². The molecule has 0 radical (unpaired) electrons. The van der Waals surface area contributed by atoms with E-state index in [1.165, 1.54) is 6.42 Å². The SMILES string of the molecule is CCNC(CCCc1c(Cl)c(C)nn1C)C(C)C. The quantitative estimate of drug-likeness (QED) is 0.824. The van der Waals surface area contributed by atoms with Crippen molar-refractivity contribution in [1.29, 1.82) is 0 Å². The third kappa shape index (κ3) is 3.99. The number of nitrogens with one attached hydrogen (secondary N) is 1. The lowest BCUT2D eigenvalue weighted by atomic mass is 9.98. The number of aryl methyl sites for hydroxylation is 2. The summed E-state index contributed by atoms with van der Waals surface area (Å²) >= 11 is 6.25. The van der Waals surface area contributed by atoms with Crippen LogP contribution in [0.1, 0.15) is 45.0 Å². The molecule has 0 aromatic carbocycles. The fraction of sp³-hybridized carbons (Fsp3) is 0.786. The highest BCUT2D eigenvalue weighted by Crippen LogP contribution is 2.21. The maximum Gasteiger partial charge on any atom is 0.0846 e. The zero-order valence-corrected chi connectivity index (χ0v) is 13.0. The van der Waals surface area contributed by atoms with Crippen molar-refractivity contribution < 1.29 is 0 Å². The summed E-state index contributed by atoms with van der Waals surface area (Å²) in [5.74, 6) is 0.675. The van der Waals surface area contributed by atoms with Crippen LogP contribution in [0.2, 0.25) is 5.02 Å². The van der Waals surface area contributed by atoms with Crippen LogP contribution in [-0.2, 0) is 13.5 Å². The van der Waals surface area contributed by atoms with Crippen LogP contribution in [0.25, 0.3) is 0 Å². The van der Waals surface area contributed by atoms with Crippen molar-refractivity contribution in [2.45, 2.75) is 53.0 Å². The van der Waals surface area contributed by atoms with Gasteiger partial charge in [0.25, 0.3) is 0 Å². The molecule has 0 aliphatic carbocycles. The molecule has 0 aliphatic rings. The maximum atomic E-state index is 6.25. The molecule has 4 heteroatoms. The molecular formula is C14H26ClN3. The van der Waals surface area contributed by atoms with E-state index in [1.54, 1.807) is 0 Å². The van der Waals surface area contributed by atoms with Crippen LogP contribution in [0.15, 0.2) is 0 Å². The van der Waals surface area contributed by atoms with Gasteiger partial charge in [-0.2, -0.15) is 5.10 Å². The molecule has 0 saturated heterocycles. The summed E-state index contributed by atoms with van der Waals surface area (Å²) in [7, 11) is 1.97. The van der Waals surface area contributed by atoms with Gasteiger partial charge in [0.05, 0.1) is 16.4 Å². The summed E-state index contributed by atoms with van der Waals surface area (Å²) in [4.78, 5) is 0. The Kier molecular flexibility index (Phi) is 6.16. The molecule has 1 unspecified atom stereocenters. The second-order valence-corrected chi connectivity index (χ2v) is 5.65. The van der Waals surface area contributed by atoms with Gasteiger partial charge in [0.1, 0.15) is 0 Å². The largest absolute Gasteiger partial charge is 0.314 e. The molecule has 1 heterocycles. The maximum absolute atomic E-state index is 6.25. The van der Waals surface area contributed by atoms with Gasteiger partial charge in [-0.05, 0) is 38.6 Å². The predicted molar refractivity (Wildman–Crippen MR) is 78.2 cm³/mol. The van der Waals surface area contributed by atoms with Crippen molar-refractivity contribution in [3.05, 3.63) is 16.4 Å². The zero-order chi connectivity index (χ0) is 13.7. The Balaban J connectivity index is 2.50. The van der Waals surface area contributed by atoms with E-state index < -0.39 is 0 Å². The van der Waals surface area contributed by atoms with Crippen LogP contribution in [0.5, 0.6) is 0 Å². The molecule has 0 saturated carbocycles. The Bertz CT molecular complexity index is 371. The van der Waals surface area contributed by atoms with Gasteiger partial charge in [-0.25, -0.2) is 0 Å². The molecule has 1 aromatic heterocycles. The van der Waals surface area contributed by atoms with Crippen molar-refractivity contribution in [2.24, 2.45) is 13.0 Å². The average Bonchev–Trinajstić information content (AvgIpc) is 2.54. The number of nitrogens with zero attached hydrogens (tertiary/aromatic N) is 2. The summed E-state index contributed by atoms with van der Waals surface area (Å²) in [6, 6.07) is 0.600. The first-order valence-corrected chi connectivity index (χ1v) is 7.26. The van der Waals surface area contributed by atoms with Gasteiger partial charge in [0.2, 0.25) is 0 Å². The van der Waals surface area contributed by atoms with Crippen LogP contribution in [0.3, 0.4) is 0 Å². The fourth-order valence-electron chi connectivity index (χ4n) is 2.37. The number of hydrogen-bond acceptors (Lipinski definition) is 2. The molecule has 18 heavy (non-hydrogen) atoms. The average molecular weight is 272 g/mol. The van der Waals surface area contributed by atoms with E-state index in [9.17, 15) is 0 Å². The summed E-state index contributed by atoms with van der Waals surface area (Å²) < 4.78 is 1.91. The number of hydrogen-bond donors (Lipinski definition) is 1. The van der Waals surface area contributed by atoms with E-state index in [1.807, 2.05) is 18.7 Å². The Hall–Kier alpha value is -0.540. The fourth-order valence-corrected chi connectivity index (χ4v) is 2.63. The van der Waals surface area contributed by atoms with E-state index >= 15 is 0 Å². The van der Waals surface area contributed by atoms with E-state index in [0.717, 1.165) is 35.8 Å². The van der Waals surface area contributed by atoms with Crippen LogP contribution in [0.4, 0.5) is 0 Å². The minimum atomic E-state index is 0.600. The Morgan fingerprint density at radius 3 is 2.50 bits per heavy atom. The number of aromatic nitrogens is 2. The molecule has 1 aromatic rings.